The second kappa shape index (κ2) is 4.98. The van der Waals surface area contributed by atoms with Crippen molar-refractivity contribution < 1.29 is 5.11 Å². The fourth-order valence-corrected chi connectivity index (χ4v) is 3.32. The van der Waals surface area contributed by atoms with Crippen molar-refractivity contribution in [3.8, 4) is 10.9 Å². The van der Waals surface area contributed by atoms with Gasteiger partial charge >= 0.3 is 0 Å². The predicted molar refractivity (Wildman–Crippen MR) is 84.2 cm³/mol. The summed E-state index contributed by atoms with van der Waals surface area (Å²) >= 11 is 13.3. The van der Waals surface area contributed by atoms with E-state index in [1.54, 1.807) is 0 Å². The molecule has 108 valence electrons. The third kappa shape index (κ3) is 2.19. The molecule has 5 nitrogen and oxygen atoms in total. The molecule has 0 saturated heterocycles. The summed E-state index contributed by atoms with van der Waals surface area (Å²) in [7, 11) is 0. The Bertz CT molecular complexity index is 914. The number of rotatable bonds is 1. The summed E-state index contributed by atoms with van der Waals surface area (Å²) < 4.78 is 1.31. The number of fused-ring (bicyclic) bond motifs is 1. The van der Waals surface area contributed by atoms with Gasteiger partial charge in [0.15, 0.2) is 10.9 Å². The quantitative estimate of drug-likeness (QED) is 0.735. The standard InChI is InChI=1S/C13H9Cl2N3O2S/c1-5-6(2)21-13(17-5)18-4-16-10-9(12(18)20)7(14)3-8(15)11(10)19/h3-4,19H,1-2H3. The number of aryl methyl sites for hydroxylation is 2. The van der Waals surface area contributed by atoms with Gasteiger partial charge in [-0.1, -0.05) is 23.2 Å². The summed E-state index contributed by atoms with van der Waals surface area (Å²) in [5.74, 6) is -0.258. The molecular formula is C13H9Cl2N3O2S. The largest absolute Gasteiger partial charge is 0.504 e. The molecule has 1 N–H and O–H groups in total. The van der Waals surface area contributed by atoms with Gasteiger partial charge in [-0.05, 0) is 19.9 Å². The molecule has 0 bridgehead atoms. The number of halogens is 2. The van der Waals surface area contributed by atoms with Crippen molar-refractivity contribution in [1.82, 2.24) is 14.5 Å². The molecule has 0 amide bonds. The molecule has 0 aliphatic carbocycles. The van der Waals surface area contributed by atoms with Crippen molar-refractivity contribution in [1.29, 1.82) is 0 Å². The zero-order valence-electron chi connectivity index (χ0n) is 11.0. The van der Waals surface area contributed by atoms with Gasteiger partial charge in [0.25, 0.3) is 5.56 Å². The van der Waals surface area contributed by atoms with Crippen LogP contribution in [-0.2, 0) is 0 Å². The maximum absolute atomic E-state index is 12.6. The molecular weight excluding hydrogens is 333 g/mol. The molecule has 0 radical (unpaired) electrons. The van der Waals surface area contributed by atoms with Gasteiger partial charge < -0.3 is 5.11 Å². The zero-order valence-corrected chi connectivity index (χ0v) is 13.3. The molecule has 0 aliphatic rings. The van der Waals surface area contributed by atoms with Crippen molar-refractivity contribution in [3.63, 3.8) is 0 Å². The summed E-state index contributed by atoms with van der Waals surface area (Å²) in [6.07, 6.45) is 1.31. The summed E-state index contributed by atoms with van der Waals surface area (Å²) in [4.78, 5) is 22.0. The van der Waals surface area contributed by atoms with E-state index in [1.807, 2.05) is 13.8 Å². The monoisotopic (exact) mass is 341 g/mol. The minimum atomic E-state index is -0.397. The van der Waals surface area contributed by atoms with E-state index in [-0.39, 0.29) is 26.7 Å². The highest BCUT2D eigenvalue weighted by molar-refractivity contribution is 7.14. The van der Waals surface area contributed by atoms with Crippen molar-refractivity contribution in [2.45, 2.75) is 13.8 Å². The Hall–Kier alpha value is -1.63. The van der Waals surface area contributed by atoms with Crippen LogP contribution in [0.1, 0.15) is 10.6 Å². The van der Waals surface area contributed by atoms with E-state index in [9.17, 15) is 9.90 Å². The van der Waals surface area contributed by atoms with Gasteiger partial charge in [0.1, 0.15) is 11.8 Å². The zero-order chi connectivity index (χ0) is 15.3. The van der Waals surface area contributed by atoms with E-state index in [4.69, 9.17) is 23.2 Å². The maximum atomic E-state index is 12.6. The lowest BCUT2D eigenvalue weighted by Crippen LogP contribution is -2.19. The van der Waals surface area contributed by atoms with Crippen LogP contribution in [0.4, 0.5) is 0 Å². The first-order valence-corrected chi connectivity index (χ1v) is 7.50. The number of phenols is 1. The Morgan fingerprint density at radius 1 is 1.29 bits per heavy atom. The summed E-state index contributed by atoms with van der Waals surface area (Å²) in [6, 6.07) is 1.33. The average Bonchev–Trinajstić information content (AvgIpc) is 2.75. The fourth-order valence-electron chi connectivity index (χ4n) is 1.91. The number of hydrogen-bond donors (Lipinski definition) is 1. The van der Waals surface area contributed by atoms with E-state index in [0.717, 1.165) is 10.6 Å². The average molecular weight is 342 g/mol. The van der Waals surface area contributed by atoms with Crippen molar-refractivity contribution >= 4 is 45.4 Å². The van der Waals surface area contributed by atoms with Crippen LogP contribution in [0.25, 0.3) is 16.0 Å². The van der Waals surface area contributed by atoms with E-state index < -0.39 is 5.56 Å². The molecule has 21 heavy (non-hydrogen) atoms. The van der Waals surface area contributed by atoms with Crippen LogP contribution >= 0.6 is 34.5 Å². The molecule has 0 aliphatic heterocycles. The van der Waals surface area contributed by atoms with Gasteiger partial charge in [0, 0.05) is 4.88 Å². The summed E-state index contributed by atoms with van der Waals surface area (Å²) in [5.41, 5.74) is 0.538. The first-order valence-electron chi connectivity index (χ1n) is 5.93. The lowest BCUT2D eigenvalue weighted by molar-refractivity contribution is 0.480. The Labute approximate surface area is 133 Å². The third-order valence-electron chi connectivity index (χ3n) is 3.14. The Morgan fingerprint density at radius 2 is 2.00 bits per heavy atom. The number of nitrogens with zero attached hydrogens (tertiary/aromatic N) is 3. The van der Waals surface area contributed by atoms with Crippen LogP contribution in [0.2, 0.25) is 10.0 Å². The van der Waals surface area contributed by atoms with E-state index >= 15 is 0 Å². The van der Waals surface area contributed by atoms with Crippen molar-refractivity contribution in [2.75, 3.05) is 0 Å². The number of aromatic nitrogens is 3. The van der Waals surface area contributed by atoms with Gasteiger partial charge in [0.05, 0.1) is 21.1 Å². The van der Waals surface area contributed by atoms with Gasteiger partial charge in [-0.15, -0.1) is 11.3 Å². The smallest absolute Gasteiger partial charge is 0.269 e. The van der Waals surface area contributed by atoms with E-state index in [1.165, 1.54) is 28.3 Å². The van der Waals surface area contributed by atoms with Crippen LogP contribution in [0, 0.1) is 13.8 Å². The molecule has 8 heteroatoms. The Morgan fingerprint density at radius 3 is 2.62 bits per heavy atom. The topological polar surface area (TPSA) is 68.0 Å². The molecule has 2 aromatic heterocycles. The minimum absolute atomic E-state index is 0.0538. The van der Waals surface area contributed by atoms with Crippen LogP contribution in [-0.4, -0.2) is 19.6 Å². The lowest BCUT2D eigenvalue weighted by Gasteiger charge is -2.07. The fraction of sp³-hybridized carbons (Fsp3) is 0.154. The Kier molecular flexibility index (Phi) is 3.39. The predicted octanol–water partition coefficient (Wildman–Crippen LogP) is 3.47. The van der Waals surface area contributed by atoms with Gasteiger partial charge in [-0.2, -0.15) is 0 Å². The first kappa shape index (κ1) is 14.3. The van der Waals surface area contributed by atoms with Crippen LogP contribution < -0.4 is 5.56 Å². The lowest BCUT2D eigenvalue weighted by atomic mass is 10.2. The SMILES string of the molecule is Cc1nc(-n2cnc3c(O)c(Cl)cc(Cl)c3c2=O)sc1C. The van der Waals surface area contributed by atoms with Gasteiger partial charge in [-0.3, -0.25) is 4.79 Å². The molecule has 0 saturated carbocycles. The highest BCUT2D eigenvalue weighted by atomic mass is 35.5. The molecule has 2 heterocycles. The first-order chi connectivity index (χ1) is 9.90. The number of thiazole rings is 1. The number of hydrogen-bond acceptors (Lipinski definition) is 5. The molecule has 0 spiro atoms. The third-order valence-corrected chi connectivity index (χ3v) is 4.80. The normalized spacial score (nSPS) is 11.2. The summed E-state index contributed by atoms with van der Waals surface area (Å²) in [5, 5.41) is 10.7. The van der Waals surface area contributed by atoms with Crippen LogP contribution in [0.15, 0.2) is 17.2 Å². The molecule has 3 rings (SSSR count). The molecule has 1 aromatic carbocycles. The van der Waals surface area contributed by atoms with Crippen LogP contribution in [0.5, 0.6) is 5.75 Å². The Balaban J connectivity index is 2.38. The van der Waals surface area contributed by atoms with Crippen molar-refractivity contribution in [2.24, 2.45) is 0 Å². The highest BCUT2D eigenvalue weighted by Gasteiger charge is 2.17. The number of aromatic hydroxyl groups is 1. The molecule has 0 atom stereocenters. The van der Waals surface area contributed by atoms with Gasteiger partial charge in [0.2, 0.25) is 0 Å². The molecule has 0 unspecified atom stereocenters. The highest BCUT2D eigenvalue weighted by Crippen LogP contribution is 2.34. The molecule has 0 fully saturated rings. The second-order valence-electron chi connectivity index (χ2n) is 4.47. The maximum Gasteiger partial charge on any atom is 0.269 e. The number of benzene rings is 1. The van der Waals surface area contributed by atoms with E-state index in [0.29, 0.717) is 5.13 Å². The number of phenolic OH excluding ortho intramolecular Hbond substituents is 1. The second-order valence-corrected chi connectivity index (χ2v) is 6.47. The molecule has 3 aromatic rings. The summed E-state index contributed by atoms with van der Waals surface area (Å²) in [6.45, 7) is 3.79. The van der Waals surface area contributed by atoms with Crippen molar-refractivity contribution in [3.05, 3.63) is 43.4 Å². The van der Waals surface area contributed by atoms with Gasteiger partial charge in [-0.25, -0.2) is 14.5 Å². The van der Waals surface area contributed by atoms with E-state index in [2.05, 4.69) is 9.97 Å². The minimum Gasteiger partial charge on any atom is -0.504 e. The van der Waals surface area contributed by atoms with Crippen LogP contribution in [0.3, 0.4) is 0 Å².